The Bertz CT molecular complexity index is 661. The van der Waals surface area contributed by atoms with E-state index in [1.807, 2.05) is 0 Å². The van der Waals surface area contributed by atoms with Crippen molar-refractivity contribution < 1.29 is 27.5 Å². The number of nitrogens with one attached hydrogen (secondary N) is 1. The normalized spacial score (nSPS) is 15.0. The zero-order valence-electron chi connectivity index (χ0n) is 13.8. The highest BCUT2D eigenvalue weighted by Gasteiger charge is 2.41. The van der Waals surface area contributed by atoms with E-state index in [-0.39, 0.29) is 31.1 Å². The molecule has 10 heteroatoms. The quantitative estimate of drug-likeness (QED) is 0.846. The summed E-state index contributed by atoms with van der Waals surface area (Å²) >= 11 is 0. The Labute approximate surface area is 136 Å². The number of hydrogen-bond acceptors (Lipinski definition) is 4. The molecule has 0 fully saturated rings. The molecule has 1 aromatic heterocycles. The van der Waals surface area contributed by atoms with Crippen LogP contribution in [0, 0.1) is 0 Å². The highest BCUT2D eigenvalue weighted by Crippen LogP contribution is 2.34. The zero-order chi connectivity index (χ0) is 18.3. The molecule has 0 aliphatic carbocycles. The number of nitrogens with zero attached hydrogens (tertiary/aromatic N) is 3. The maximum Gasteiger partial charge on any atom is 0.449 e. The SMILES string of the molecule is CC(=O)Nc1nc(C(F)(F)F)n2c1CN(C(=O)OC(C)(C)C)CC2. The molecule has 2 rings (SSSR count). The van der Waals surface area contributed by atoms with Crippen LogP contribution in [0.2, 0.25) is 0 Å². The van der Waals surface area contributed by atoms with Crippen molar-refractivity contribution in [3.8, 4) is 0 Å². The number of imidazole rings is 1. The van der Waals surface area contributed by atoms with Crippen LogP contribution in [0.3, 0.4) is 0 Å². The molecule has 24 heavy (non-hydrogen) atoms. The van der Waals surface area contributed by atoms with Crippen molar-refractivity contribution >= 4 is 17.8 Å². The van der Waals surface area contributed by atoms with E-state index in [0.717, 1.165) is 4.57 Å². The molecule has 7 nitrogen and oxygen atoms in total. The predicted molar refractivity (Wildman–Crippen MR) is 78.2 cm³/mol. The molecule has 1 aromatic rings. The molecular weight excluding hydrogens is 329 g/mol. The van der Waals surface area contributed by atoms with Crippen molar-refractivity contribution in [2.24, 2.45) is 0 Å². The van der Waals surface area contributed by atoms with E-state index in [1.165, 1.54) is 11.8 Å². The third-order valence-corrected chi connectivity index (χ3v) is 3.21. The Morgan fingerprint density at radius 1 is 1.21 bits per heavy atom. The first kappa shape index (κ1) is 18.1. The summed E-state index contributed by atoms with van der Waals surface area (Å²) in [5.41, 5.74) is -0.596. The van der Waals surface area contributed by atoms with Crippen molar-refractivity contribution in [2.45, 2.75) is 52.6 Å². The van der Waals surface area contributed by atoms with Crippen molar-refractivity contribution in [3.63, 3.8) is 0 Å². The van der Waals surface area contributed by atoms with E-state index in [9.17, 15) is 22.8 Å². The number of carbonyl (C=O) groups excluding carboxylic acids is 2. The first-order valence-corrected chi connectivity index (χ1v) is 7.30. The van der Waals surface area contributed by atoms with Crippen molar-refractivity contribution in [1.29, 1.82) is 0 Å². The van der Waals surface area contributed by atoms with Crippen LogP contribution >= 0.6 is 0 Å². The standard InChI is InChI=1S/C14H19F3N4O3/c1-8(22)18-10-9-7-20(12(23)24-13(2,3)4)5-6-21(9)11(19-10)14(15,16)17/h5-7H2,1-4H3,(H,18,22). The summed E-state index contributed by atoms with van der Waals surface area (Å²) in [5.74, 6) is -1.83. The van der Waals surface area contributed by atoms with E-state index in [2.05, 4.69) is 10.3 Å². The number of aromatic nitrogens is 2. The van der Waals surface area contributed by atoms with Crippen LogP contribution in [0.5, 0.6) is 0 Å². The summed E-state index contributed by atoms with van der Waals surface area (Å²) in [6, 6.07) is 0. The van der Waals surface area contributed by atoms with E-state index in [1.54, 1.807) is 20.8 Å². The van der Waals surface area contributed by atoms with Gasteiger partial charge in [-0.3, -0.25) is 4.79 Å². The van der Waals surface area contributed by atoms with Gasteiger partial charge in [-0.25, -0.2) is 9.78 Å². The number of hydrogen-bond donors (Lipinski definition) is 1. The van der Waals surface area contributed by atoms with E-state index in [4.69, 9.17) is 4.74 Å². The molecule has 0 saturated heterocycles. The number of rotatable bonds is 1. The van der Waals surface area contributed by atoms with Crippen LogP contribution in [0.25, 0.3) is 0 Å². The maximum absolute atomic E-state index is 13.1. The molecule has 0 saturated carbocycles. The second kappa shape index (κ2) is 5.99. The summed E-state index contributed by atoms with van der Waals surface area (Å²) in [7, 11) is 0. The molecule has 134 valence electrons. The van der Waals surface area contributed by atoms with Gasteiger partial charge in [0, 0.05) is 20.0 Å². The molecular formula is C14H19F3N4O3. The summed E-state index contributed by atoms with van der Waals surface area (Å²) < 4.78 is 45.5. The highest BCUT2D eigenvalue weighted by molar-refractivity contribution is 5.88. The number of amides is 2. The second-order valence-corrected chi connectivity index (χ2v) is 6.46. The van der Waals surface area contributed by atoms with Gasteiger partial charge in [0.05, 0.1) is 12.2 Å². The van der Waals surface area contributed by atoms with Crippen molar-refractivity contribution in [3.05, 3.63) is 11.5 Å². The topological polar surface area (TPSA) is 76.5 Å². The van der Waals surface area contributed by atoms with Crippen LogP contribution in [0.4, 0.5) is 23.8 Å². The molecule has 2 amide bonds. The summed E-state index contributed by atoms with van der Waals surface area (Å²) in [6.07, 6.45) is -5.28. The lowest BCUT2D eigenvalue weighted by atomic mass is 10.2. The van der Waals surface area contributed by atoms with Crippen LogP contribution in [0.1, 0.15) is 39.2 Å². The fourth-order valence-electron chi connectivity index (χ4n) is 2.33. The van der Waals surface area contributed by atoms with Crippen molar-refractivity contribution in [2.75, 3.05) is 11.9 Å². The second-order valence-electron chi connectivity index (χ2n) is 6.46. The minimum Gasteiger partial charge on any atom is -0.444 e. The lowest BCUT2D eigenvalue weighted by Gasteiger charge is -2.31. The number of ether oxygens (including phenoxy) is 1. The number of alkyl halides is 3. The average Bonchev–Trinajstić information content (AvgIpc) is 2.74. The Balaban J connectivity index is 2.33. The van der Waals surface area contributed by atoms with Crippen LogP contribution in [-0.2, 0) is 28.8 Å². The van der Waals surface area contributed by atoms with E-state index >= 15 is 0 Å². The first-order chi connectivity index (χ1) is 10.9. The lowest BCUT2D eigenvalue weighted by molar-refractivity contribution is -0.147. The fraction of sp³-hybridized carbons (Fsp3) is 0.643. The van der Waals surface area contributed by atoms with Gasteiger partial charge in [0.1, 0.15) is 5.60 Å². The minimum absolute atomic E-state index is 0.0564. The Kier molecular flexibility index (Phi) is 4.51. The third-order valence-electron chi connectivity index (χ3n) is 3.21. The van der Waals surface area contributed by atoms with E-state index < -0.39 is 29.6 Å². The summed E-state index contributed by atoms with van der Waals surface area (Å²) in [6.45, 7) is 6.11. The number of anilines is 1. The Morgan fingerprint density at radius 3 is 2.33 bits per heavy atom. The van der Waals surface area contributed by atoms with Crippen LogP contribution in [0.15, 0.2) is 0 Å². The van der Waals surface area contributed by atoms with Gasteiger partial charge in [-0.15, -0.1) is 0 Å². The molecule has 1 aliphatic heterocycles. The summed E-state index contributed by atoms with van der Waals surface area (Å²) in [4.78, 5) is 28.1. The molecule has 0 spiro atoms. The smallest absolute Gasteiger partial charge is 0.444 e. The molecule has 0 radical (unpaired) electrons. The number of halogens is 3. The van der Waals surface area contributed by atoms with Gasteiger partial charge in [0.2, 0.25) is 11.7 Å². The highest BCUT2D eigenvalue weighted by atomic mass is 19.4. The Morgan fingerprint density at radius 2 is 1.83 bits per heavy atom. The Hall–Kier alpha value is -2.26. The number of carbonyl (C=O) groups is 2. The monoisotopic (exact) mass is 348 g/mol. The predicted octanol–water partition coefficient (Wildman–Crippen LogP) is 2.61. The maximum atomic E-state index is 13.1. The van der Waals surface area contributed by atoms with Gasteiger partial charge < -0.3 is 19.5 Å². The zero-order valence-corrected chi connectivity index (χ0v) is 13.8. The van der Waals surface area contributed by atoms with Gasteiger partial charge in [-0.1, -0.05) is 0 Å². The third kappa shape index (κ3) is 3.98. The van der Waals surface area contributed by atoms with Gasteiger partial charge in [0.15, 0.2) is 5.82 Å². The van der Waals surface area contributed by atoms with Gasteiger partial charge in [-0.2, -0.15) is 13.2 Å². The molecule has 1 aliphatic rings. The van der Waals surface area contributed by atoms with E-state index in [0.29, 0.717) is 0 Å². The molecule has 0 atom stereocenters. The lowest BCUT2D eigenvalue weighted by Crippen LogP contribution is -2.42. The first-order valence-electron chi connectivity index (χ1n) is 7.30. The average molecular weight is 348 g/mol. The molecule has 0 bridgehead atoms. The molecule has 0 aromatic carbocycles. The molecule has 2 heterocycles. The molecule has 1 N–H and O–H groups in total. The number of fused-ring (bicyclic) bond motifs is 1. The van der Waals surface area contributed by atoms with Crippen LogP contribution < -0.4 is 5.32 Å². The van der Waals surface area contributed by atoms with Gasteiger partial charge >= 0.3 is 12.3 Å². The minimum atomic E-state index is -4.65. The van der Waals surface area contributed by atoms with Gasteiger partial charge in [0.25, 0.3) is 0 Å². The fourth-order valence-corrected chi connectivity index (χ4v) is 2.33. The molecule has 0 unspecified atom stereocenters. The van der Waals surface area contributed by atoms with Crippen molar-refractivity contribution in [1.82, 2.24) is 14.5 Å². The van der Waals surface area contributed by atoms with Crippen LogP contribution in [-0.4, -0.2) is 38.6 Å². The summed E-state index contributed by atoms with van der Waals surface area (Å²) in [5, 5.41) is 2.28. The van der Waals surface area contributed by atoms with Gasteiger partial charge in [-0.05, 0) is 20.8 Å². The largest absolute Gasteiger partial charge is 0.449 e.